The van der Waals surface area contributed by atoms with E-state index in [1.54, 1.807) is 20.8 Å². The van der Waals surface area contributed by atoms with Crippen LogP contribution in [0.2, 0.25) is 0 Å². The second-order valence-corrected chi connectivity index (χ2v) is 6.72. The Morgan fingerprint density at radius 2 is 1.62 bits per heavy atom. The molecule has 138 valence electrons. The van der Waals surface area contributed by atoms with Gasteiger partial charge in [-0.1, -0.05) is 13.8 Å². The van der Waals surface area contributed by atoms with E-state index >= 15 is 0 Å². The van der Waals surface area contributed by atoms with Gasteiger partial charge in [0.1, 0.15) is 18.2 Å². The van der Waals surface area contributed by atoms with Gasteiger partial charge in [-0.15, -0.1) is 0 Å². The SMILES string of the molecule is CC(C)C[C@H](NC(=O)OC(C)(C)C)C(=O)NCC(=O)NCC(=O)O. The van der Waals surface area contributed by atoms with E-state index in [0.717, 1.165) is 0 Å². The number of carbonyl (C=O) groups excluding carboxylic acids is 3. The van der Waals surface area contributed by atoms with Crippen molar-refractivity contribution in [2.45, 2.75) is 52.7 Å². The molecule has 0 spiro atoms. The van der Waals surface area contributed by atoms with Crippen molar-refractivity contribution < 1.29 is 29.0 Å². The van der Waals surface area contributed by atoms with Crippen LogP contribution in [0.1, 0.15) is 41.0 Å². The van der Waals surface area contributed by atoms with Gasteiger partial charge < -0.3 is 25.8 Å². The minimum Gasteiger partial charge on any atom is -0.480 e. The lowest BCUT2D eigenvalue weighted by molar-refractivity contribution is -0.137. The summed E-state index contributed by atoms with van der Waals surface area (Å²) in [4.78, 5) is 45.7. The van der Waals surface area contributed by atoms with Crippen molar-refractivity contribution in [1.82, 2.24) is 16.0 Å². The first kappa shape index (κ1) is 21.7. The standard InChI is InChI=1S/C15H27N3O6/c1-9(2)6-10(18-14(23)24-15(3,4)5)13(22)17-7-11(19)16-8-12(20)21/h9-10H,6-8H2,1-5H3,(H,16,19)(H,17,22)(H,18,23)(H,20,21)/t10-/m0/s1. The molecular weight excluding hydrogens is 318 g/mol. The van der Waals surface area contributed by atoms with Crippen LogP contribution in [0.5, 0.6) is 0 Å². The number of carboxylic acid groups (broad SMARTS) is 1. The van der Waals surface area contributed by atoms with Crippen molar-refractivity contribution in [3.8, 4) is 0 Å². The normalized spacial score (nSPS) is 12.2. The van der Waals surface area contributed by atoms with E-state index in [1.165, 1.54) is 0 Å². The van der Waals surface area contributed by atoms with Crippen molar-refractivity contribution >= 4 is 23.9 Å². The number of hydrogen-bond acceptors (Lipinski definition) is 5. The molecule has 0 saturated heterocycles. The fraction of sp³-hybridized carbons (Fsp3) is 0.733. The number of carbonyl (C=O) groups is 4. The van der Waals surface area contributed by atoms with E-state index in [1.807, 2.05) is 13.8 Å². The van der Waals surface area contributed by atoms with Gasteiger partial charge in [0.25, 0.3) is 0 Å². The lowest BCUT2D eigenvalue weighted by Gasteiger charge is -2.24. The summed E-state index contributed by atoms with van der Waals surface area (Å²) in [5.41, 5.74) is -0.695. The quantitative estimate of drug-likeness (QED) is 0.498. The van der Waals surface area contributed by atoms with Crippen molar-refractivity contribution in [3.63, 3.8) is 0 Å². The molecule has 9 heteroatoms. The number of carboxylic acids is 1. The summed E-state index contributed by atoms with van der Waals surface area (Å²) in [6.45, 7) is 7.98. The molecular formula is C15H27N3O6. The van der Waals surface area contributed by atoms with Crippen LogP contribution in [0.4, 0.5) is 4.79 Å². The fourth-order valence-electron chi connectivity index (χ4n) is 1.68. The van der Waals surface area contributed by atoms with Crippen LogP contribution in [0.3, 0.4) is 0 Å². The maximum absolute atomic E-state index is 12.1. The molecule has 0 aromatic heterocycles. The van der Waals surface area contributed by atoms with Crippen LogP contribution in [0.25, 0.3) is 0 Å². The molecule has 0 bridgehead atoms. The first-order chi connectivity index (χ1) is 10.9. The van der Waals surface area contributed by atoms with E-state index in [2.05, 4.69) is 16.0 Å². The van der Waals surface area contributed by atoms with E-state index in [-0.39, 0.29) is 12.5 Å². The van der Waals surface area contributed by atoms with E-state index < -0.39 is 42.1 Å². The van der Waals surface area contributed by atoms with Gasteiger partial charge in [-0.3, -0.25) is 14.4 Å². The van der Waals surface area contributed by atoms with Crippen molar-refractivity contribution in [1.29, 1.82) is 0 Å². The Labute approximate surface area is 141 Å². The maximum atomic E-state index is 12.1. The van der Waals surface area contributed by atoms with Gasteiger partial charge in [0.2, 0.25) is 11.8 Å². The van der Waals surface area contributed by atoms with Crippen LogP contribution in [0, 0.1) is 5.92 Å². The summed E-state index contributed by atoms with van der Waals surface area (Å²) < 4.78 is 5.12. The monoisotopic (exact) mass is 345 g/mol. The zero-order valence-corrected chi connectivity index (χ0v) is 14.8. The van der Waals surface area contributed by atoms with Crippen molar-refractivity contribution in [3.05, 3.63) is 0 Å². The lowest BCUT2D eigenvalue weighted by atomic mass is 10.0. The molecule has 0 fully saturated rings. The molecule has 0 aliphatic carbocycles. The van der Waals surface area contributed by atoms with Crippen LogP contribution in [-0.4, -0.2) is 53.7 Å². The molecule has 9 nitrogen and oxygen atoms in total. The van der Waals surface area contributed by atoms with E-state index in [0.29, 0.717) is 6.42 Å². The van der Waals surface area contributed by atoms with Crippen molar-refractivity contribution in [2.24, 2.45) is 5.92 Å². The average Bonchev–Trinajstić information content (AvgIpc) is 2.39. The summed E-state index contributed by atoms with van der Waals surface area (Å²) >= 11 is 0. The highest BCUT2D eigenvalue weighted by Gasteiger charge is 2.25. The molecule has 0 rings (SSSR count). The van der Waals surface area contributed by atoms with Gasteiger partial charge in [-0.05, 0) is 33.1 Å². The minimum absolute atomic E-state index is 0.122. The summed E-state index contributed by atoms with van der Waals surface area (Å²) in [7, 11) is 0. The molecule has 0 aliphatic rings. The van der Waals surface area contributed by atoms with Gasteiger partial charge in [0.05, 0.1) is 6.54 Å². The highest BCUT2D eigenvalue weighted by atomic mass is 16.6. The number of amides is 3. The maximum Gasteiger partial charge on any atom is 0.408 e. The van der Waals surface area contributed by atoms with Crippen LogP contribution >= 0.6 is 0 Å². The second-order valence-electron chi connectivity index (χ2n) is 6.72. The number of nitrogens with one attached hydrogen (secondary N) is 3. The van der Waals surface area contributed by atoms with Crippen LogP contribution in [0.15, 0.2) is 0 Å². The first-order valence-electron chi connectivity index (χ1n) is 7.66. The number of hydrogen-bond donors (Lipinski definition) is 4. The van der Waals surface area contributed by atoms with E-state index in [9.17, 15) is 19.2 Å². The molecule has 0 heterocycles. The molecule has 4 N–H and O–H groups in total. The molecule has 3 amide bonds. The Bertz CT molecular complexity index is 470. The zero-order chi connectivity index (χ0) is 18.9. The molecule has 24 heavy (non-hydrogen) atoms. The first-order valence-corrected chi connectivity index (χ1v) is 7.66. The lowest BCUT2D eigenvalue weighted by Crippen LogP contribution is -2.50. The number of aliphatic carboxylic acids is 1. The van der Waals surface area contributed by atoms with Gasteiger partial charge in [0.15, 0.2) is 0 Å². The van der Waals surface area contributed by atoms with Crippen molar-refractivity contribution in [2.75, 3.05) is 13.1 Å². The molecule has 1 atom stereocenters. The molecule has 0 saturated carbocycles. The molecule has 0 aliphatic heterocycles. The topological polar surface area (TPSA) is 134 Å². The van der Waals surface area contributed by atoms with Gasteiger partial charge in [0, 0.05) is 0 Å². The van der Waals surface area contributed by atoms with Gasteiger partial charge in [-0.25, -0.2) is 4.79 Å². The minimum atomic E-state index is -1.18. The van der Waals surface area contributed by atoms with Crippen LogP contribution in [-0.2, 0) is 19.1 Å². The third-order valence-electron chi connectivity index (χ3n) is 2.57. The second kappa shape index (κ2) is 9.74. The number of rotatable bonds is 8. The molecule has 0 unspecified atom stereocenters. The predicted octanol–water partition coefficient (Wildman–Crippen LogP) is 0.243. The summed E-state index contributed by atoms with van der Waals surface area (Å²) in [6.07, 6.45) is -0.361. The Hall–Kier alpha value is -2.32. The Morgan fingerprint density at radius 3 is 2.08 bits per heavy atom. The fourth-order valence-corrected chi connectivity index (χ4v) is 1.68. The van der Waals surface area contributed by atoms with Gasteiger partial charge in [-0.2, -0.15) is 0 Å². The van der Waals surface area contributed by atoms with Gasteiger partial charge >= 0.3 is 12.1 Å². The third-order valence-corrected chi connectivity index (χ3v) is 2.57. The molecule has 0 aromatic rings. The third kappa shape index (κ3) is 11.3. The zero-order valence-electron chi connectivity index (χ0n) is 14.8. The predicted molar refractivity (Wildman–Crippen MR) is 86.3 cm³/mol. The number of alkyl carbamates (subject to hydrolysis) is 1. The van der Waals surface area contributed by atoms with E-state index in [4.69, 9.17) is 9.84 Å². The number of ether oxygens (including phenoxy) is 1. The smallest absolute Gasteiger partial charge is 0.408 e. The summed E-state index contributed by atoms with van der Waals surface area (Å²) in [5.74, 6) is -2.23. The highest BCUT2D eigenvalue weighted by molar-refractivity contribution is 5.90. The molecule has 0 radical (unpaired) electrons. The summed E-state index contributed by atoms with van der Waals surface area (Å²) in [6, 6.07) is -0.855. The average molecular weight is 345 g/mol. The Morgan fingerprint density at radius 1 is 1.04 bits per heavy atom. The largest absolute Gasteiger partial charge is 0.480 e. The Balaban J connectivity index is 4.57. The van der Waals surface area contributed by atoms with Crippen LogP contribution < -0.4 is 16.0 Å². The summed E-state index contributed by atoms with van der Waals surface area (Å²) in [5, 5.41) is 15.4. The highest BCUT2D eigenvalue weighted by Crippen LogP contribution is 2.09. The Kier molecular flexibility index (Phi) is 8.80. The molecule has 0 aromatic carbocycles.